The fourth-order valence-corrected chi connectivity index (χ4v) is 5.27. The van der Waals surface area contributed by atoms with Crippen molar-refractivity contribution < 1.29 is 18.1 Å². The largest absolute Gasteiger partial charge is 0.493 e. The van der Waals surface area contributed by atoms with Gasteiger partial charge in [0, 0.05) is 45.2 Å². The number of para-hydroxylation sites is 1. The van der Waals surface area contributed by atoms with Crippen LogP contribution in [0, 0.1) is 10.1 Å². The van der Waals surface area contributed by atoms with Crippen LogP contribution in [-0.2, 0) is 23.0 Å². The first-order chi connectivity index (χ1) is 13.4. The maximum absolute atomic E-state index is 12.9. The number of piperazine rings is 1. The van der Waals surface area contributed by atoms with Crippen molar-refractivity contribution in [2.24, 2.45) is 0 Å². The van der Waals surface area contributed by atoms with Crippen molar-refractivity contribution >= 4 is 15.7 Å². The molecular formula is C19H21N3O5S. The molecule has 2 aromatic rings. The van der Waals surface area contributed by atoms with Gasteiger partial charge in [-0.2, -0.15) is 4.31 Å². The molecule has 1 saturated heterocycles. The number of sulfonamides is 1. The zero-order valence-corrected chi connectivity index (χ0v) is 16.1. The third-order valence-electron chi connectivity index (χ3n) is 5.17. The zero-order chi connectivity index (χ0) is 19.7. The summed E-state index contributed by atoms with van der Waals surface area (Å²) in [5, 5.41) is 11.2. The lowest BCUT2D eigenvalue weighted by Crippen LogP contribution is -2.48. The molecule has 2 aromatic carbocycles. The smallest absolute Gasteiger partial charge is 0.289 e. The molecule has 28 heavy (non-hydrogen) atoms. The molecule has 0 saturated carbocycles. The Kier molecular flexibility index (Phi) is 5.05. The molecule has 0 radical (unpaired) electrons. The van der Waals surface area contributed by atoms with Crippen LogP contribution in [0.5, 0.6) is 5.75 Å². The van der Waals surface area contributed by atoms with Crippen molar-refractivity contribution in [3.63, 3.8) is 0 Å². The Labute approximate surface area is 163 Å². The average Bonchev–Trinajstić information content (AvgIpc) is 3.16. The normalized spacial score (nSPS) is 17.9. The Hall–Kier alpha value is -2.49. The number of nitro benzene ring substituents is 1. The van der Waals surface area contributed by atoms with Crippen LogP contribution in [-0.4, -0.2) is 55.3 Å². The Bertz CT molecular complexity index is 1000. The first-order valence-electron chi connectivity index (χ1n) is 9.16. The molecule has 0 aromatic heterocycles. The summed E-state index contributed by atoms with van der Waals surface area (Å²) in [7, 11) is -3.89. The SMILES string of the molecule is O=[N+]([O-])c1ccccc1S(=O)(=O)N1CCN(Cc2ccc3c(c2)CCO3)CC1. The number of hydrogen-bond donors (Lipinski definition) is 0. The van der Waals surface area contributed by atoms with Crippen LogP contribution < -0.4 is 4.74 Å². The minimum Gasteiger partial charge on any atom is -0.493 e. The summed E-state index contributed by atoms with van der Waals surface area (Å²) in [4.78, 5) is 12.5. The topological polar surface area (TPSA) is 93.0 Å². The number of hydrogen-bond acceptors (Lipinski definition) is 6. The summed E-state index contributed by atoms with van der Waals surface area (Å²) in [6, 6.07) is 11.7. The first kappa shape index (κ1) is 18.9. The molecule has 0 aliphatic carbocycles. The Morgan fingerprint density at radius 2 is 1.82 bits per heavy atom. The second-order valence-corrected chi connectivity index (χ2v) is 8.85. The van der Waals surface area contributed by atoms with E-state index >= 15 is 0 Å². The summed E-state index contributed by atoms with van der Waals surface area (Å²) in [5.74, 6) is 0.948. The molecule has 2 aliphatic rings. The van der Waals surface area contributed by atoms with E-state index in [1.54, 1.807) is 0 Å². The van der Waals surface area contributed by atoms with E-state index in [9.17, 15) is 18.5 Å². The van der Waals surface area contributed by atoms with Gasteiger partial charge in [0.25, 0.3) is 5.69 Å². The predicted octanol–water partition coefficient (Wildman–Crippen LogP) is 2.04. The number of nitro groups is 1. The van der Waals surface area contributed by atoms with E-state index in [2.05, 4.69) is 11.0 Å². The van der Waals surface area contributed by atoms with Crippen LogP contribution in [0.3, 0.4) is 0 Å². The monoisotopic (exact) mass is 403 g/mol. The van der Waals surface area contributed by atoms with Crippen LogP contribution in [0.25, 0.3) is 0 Å². The van der Waals surface area contributed by atoms with E-state index in [-0.39, 0.29) is 10.6 Å². The molecule has 0 unspecified atom stereocenters. The maximum atomic E-state index is 12.9. The van der Waals surface area contributed by atoms with E-state index in [4.69, 9.17) is 4.74 Å². The minimum atomic E-state index is -3.89. The Balaban J connectivity index is 1.43. The summed E-state index contributed by atoms with van der Waals surface area (Å²) in [6.07, 6.45) is 0.922. The lowest BCUT2D eigenvalue weighted by Gasteiger charge is -2.33. The highest BCUT2D eigenvalue weighted by Crippen LogP contribution is 2.28. The number of fused-ring (bicyclic) bond motifs is 1. The van der Waals surface area contributed by atoms with E-state index < -0.39 is 14.9 Å². The summed E-state index contributed by atoms with van der Waals surface area (Å²) in [6.45, 7) is 3.24. The molecule has 8 nitrogen and oxygen atoms in total. The van der Waals surface area contributed by atoms with E-state index in [0.29, 0.717) is 26.2 Å². The minimum absolute atomic E-state index is 0.243. The molecule has 1 fully saturated rings. The van der Waals surface area contributed by atoms with Gasteiger partial charge in [-0.05, 0) is 23.3 Å². The van der Waals surface area contributed by atoms with Gasteiger partial charge < -0.3 is 4.74 Å². The summed E-state index contributed by atoms with van der Waals surface area (Å²) < 4.78 is 32.7. The maximum Gasteiger partial charge on any atom is 0.289 e. The molecule has 2 heterocycles. The Morgan fingerprint density at radius 1 is 1.07 bits per heavy atom. The lowest BCUT2D eigenvalue weighted by molar-refractivity contribution is -0.387. The van der Waals surface area contributed by atoms with Gasteiger partial charge in [-0.15, -0.1) is 0 Å². The number of rotatable bonds is 5. The van der Waals surface area contributed by atoms with Crippen LogP contribution in [0.2, 0.25) is 0 Å². The van der Waals surface area contributed by atoms with Gasteiger partial charge in [0.15, 0.2) is 4.90 Å². The van der Waals surface area contributed by atoms with Crippen molar-refractivity contribution in [1.82, 2.24) is 9.21 Å². The number of benzene rings is 2. The Morgan fingerprint density at radius 3 is 2.57 bits per heavy atom. The standard InChI is InChI=1S/C19H21N3O5S/c23-22(24)17-3-1-2-4-19(17)28(25,26)21-10-8-20(9-11-21)14-15-5-6-18-16(13-15)7-12-27-18/h1-6,13H,7-12,14H2. The molecular weight excluding hydrogens is 382 g/mol. The van der Waals surface area contributed by atoms with Gasteiger partial charge in [0.2, 0.25) is 10.0 Å². The van der Waals surface area contributed by atoms with Gasteiger partial charge in [-0.3, -0.25) is 15.0 Å². The highest BCUT2D eigenvalue weighted by Gasteiger charge is 2.33. The van der Waals surface area contributed by atoms with Gasteiger partial charge >= 0.3 is 0 Å². The number of ether oxygens (including phenoxy) is 1. The summed E-state index contributed by atoms with van der Waals surface area (Å²) in [5.41, 5.74) is 2.01. The van der Waals surface area contributed by atoms with Crippen molar-refractivity contribution in [2.75, 3.05) is 32.8 Å². The lowest BCUT2D eigenvalue weighted by atomic mass is 10.1. The third kappa shape index (κ3) is 3.60. The van der Waals surface area contributed by atoms with E-state index in [1.807, 2.05) is 12.1 Å². The fraction of sp³-hybridized carbons (Fsp3) is 0.368. The number of nitrogens with zero attached hydrogens (tertiary/aromatic N) is 3. The molecule has 148 valence electrons. The molecule has 9 heteroatoms. The molecule has 0 N–H and O–H groups in total. The van der Waals surface area contributed by atoms with Crippen molar-refractivity contribution in [1.29, 1.82) is 0 Å². The van der Waals surface area contributed by atoms with E-state index in [1.165, 1.54) is 39.7 Å². The highest BCUT2D eigenvalue weighted by molar-refractivity contribution is 7.89. The van der Waals surface area contributed by atoms with Gasteiger partial charge in [0.05, 0.1) is 11.5 Å². The molecule has 0 amide bonds. The third-order valence-corrected chi connectivity index (χ3v) is 7.12. The molecule has 0 atom stereocenters. The molecule has 4 rings (SSSR count). The molecule has 2 aliphatic heterocycles. The fourth-order valence-electron chi connectivity index (χ4n) is 3.69. The van der Waals surface area contributed by atoms with Crippen molar-refractivity contribution in [3.8, 4) is 5.75 Å². The second kappa shape index (κ2) is 7.50. The van der Waals surface area contributed by atoms with Crippen molar-refractivity contribution in [3.05, 3.63) is 63.7 Å². The van der Waals surface area contributed by atoms with Gasteiger partial charge in [-0.1, -0.05) is 24.3 Å². The molecule has 0 bridgehead atoms. The molecule has 0 spiro atoms. The second-order valence-electron chi connectivity index (χ2n) is 6.95. The van der Waals surface area contributed by atoms with Gasteiger partial charge in [-0.25, -0.2) is 8.42 Å². The van der Waals surface area contributed by atoms with Crippen LogP contribution in [0.15, 0.2) is 47.4 Å². The predicted molar refractivity (Wildman–Crippen MR) is 103 cm³/mol. The average molecular weight is 403 g/mol. The quantitative estimate of drug-likeness (QED) is 0.560. The summed E-state index contributed by atoms with van der Waals surface area (Å²) >= 11 is 0. The zero-order valence-electron chi connectivity index (χ0n) is 15.3. The van der Waals surface area contributed by atoms with Crippen LogP contribution in [0.1, 0.15) is 11.1 Å². The van der Waals surface area contributed by atoms with Crippen LogP contribution >= 0.6 is 0 Å². The van der Waals surface area contributed by atoms with Gasteiger partial charge in [0.1, 0.15) is 5.75 Å². The van der Waals surface area contributed by atoms with Crippen LogP contribution in [0.4, 0.5) is 5.69 Å². The first-order valence-corrected chi connectivity index (χ1v) is 10.6. The highest BCUT2D eigenvalue weighted by atomic mass is 32.2. The van der Waals surface area contributed by atoms with Crippen molar-refractivity contribution in [2.45, 2.75) is 17.9 Å². The van der Waals surface area contributed by atoms with E-state index in [0.717, 1.165) is 25.3 Å².